The van der Waals surface area contributed by atoms with E-state index in [1.54, 1.807) is 0 Å². The van der Waals surface area contributed by atoms with E-state index in [9.17, 15) is 4.79 Å². The van der Waals surface area contributed by atoms with Gasteiger partial charge < -0.3 is 15.7 Å². The maximum absolute atomic E-state index is 10.5. The summed E-state index contributed by atoms with van der Waals surface area (Å²) in [7, 11) is 0. The fourth-order valence-electron chi connectivity index (χ4n) is 4.52. The van der Waals surface area contributed by atoms with Gasteiger partial charge in [0.1, 0.15) is 6.54 Å². The van der Waals surface area contributed by atoms with Gasteiger partial charge >= 0.3 is 5.97 Å². The Balaban J connectivity index is 1.57. The van der Waals surface area contributed by atoms with Crippen LogP contribution in [0, 0.1) is 23.7 Å². The summed E-state index contributed by atoms with van der Waals surface area (Å²) in [5.41, 5.74) is 0. The fraction of sp³-hybridized carbons (Fsp3) is 0.846. The summed E-state index contributed by atoms with van der Waals surface area (Å²) >= 11 is 5.19. The number of aliphatic carboxylic acids is 1. The largest absolute Gasteiger partial charge is 0.480 e. The molecule has 18 heavy (non-hydrogen) atoms. The highest BCUT2D eigenvalue weighted by molar-refractivity contribution is 7.80. The molecule has 4 saturated carbocycles. The SMILES string of the molecule is O=C(O)CNC(=S)NC1C2CC3CC(C2)CC1C3. The second-order valence-electron chi connectivity index (χ2n) is 6.18. The first kappa shape index (κ1) is 12.2. The Hall–Kier alpha value is -0.840. The molecular weight excluding hydrogens is 248 g/mol. The van der Waals surface area contributed by atoms with Crippen molar-refractivity contribution in [2.75, 3.05) is 6.54 Å². The zero-order valence-corrected chi connectivity index (χ0v) is 11.2. The minimum atomic E-state index is -0.871. The molecule has 0 saturated heterocycles. The Morgan fingerprint density at radius 2 is 1.67 bits per heavy atom. The van der Waals surface area contributed by atoms with Crippen LogP contribution in [0.25, 0.3) is 0 Å². The van der Waals surface area contributed by atoms with Crippen LogP contribution in [-0.2, 0) is 4.79 Å². The third-order valence-corrected chi connectivity index (χ3v) is 5.19. The lowest BCUT2D eigenvalue weighted by Crippen LogP contribution is -2.57. The van der Waals surface area contributed by atoms with Crippen LogP contribution in [0.15, 0.2) is 0 Å². The van der Waals surface area contributed by atoms with Crippen molar-refractivity contribution < 1.29 is 9.90 Å². The number of carboxylic acid groups (broad SMARTS) is 1. The van der Waals surface area contributed by atoms with Crippen molar-refractivity contribution in [2.45, 2.75) is 38.1 Å². The van der Waals surface area contributed by atoms with E-state index in [2.05, 4.69) is 10.6 Å². The van der Waals surface area contributed by atoms with E-state index in [-0.39, 0.29) is 6.54 Å². The molecule has 0 heterocycles. The fourth-order valence-corrected chi connectivity index (χ4v) is 4.73. The van der Waals surface area contributed by atoms with Crippen molar-refractivity contribution in [3.05, 3.63) is 0 Å². The molecule has 4 aliphatic carbocycles. The number of nitrogens with one attached hydrogen (secondary N) is 2. The zero-order chi connectivity index (χ0) is 12.7. The summed E-state index contributed by atoms with van der Waals surface area (Å²) in [6, 6.07) is 0.478. The van der Waals surface area contributed by atoms with E-state index < -0.39 is 5.97 Å². The van der Waals surface area contributed by atoms with Crippen LogP contribution >= 0.6 is 12.2 Å². The van der Waals surface area contributed by atoms with Crippen molar-refractivity contribution in [1.29, 1.82) is 0 Å². The Morgan fingerprint density at radius 1 is 1.11 bits per heavy atom. The highest BCUT2D eigenvalue weighted by Crippen LogP contribution is 2.53. The van der Waals surface area contributed by atoms with E-state index >= 15 is 0 Å². The molecule has 0 atom stereocenters. The van der Waals surface area contributed by atoms with Gasteiger partial charge in [0, 0.05) is 6.04 Å². The average molecular weight is 268 g/mol. The van der Waals surface area contributed by atoms with Gasteiger partial charge in [0.05, 0.1) is 0 Å². The smallest absolute Gasteiger partial charge is 0.322 e. The quantitative estimate of drug-likeness (QED) is 0.675. The topological polar surface area (TPSA) is 61.4 Å². The molecule has 5 heteroatoms. The first-order valence-electron chi connectivity index (χ1n) is 6.88. The Labute approximate surface area is 113 Å². The molecule has 0 unspecified atom stereocenters. The van der Waals surface area contributed by atoms with Gasteiger partial charge in [-0.1, -0.05) is 0 Å². The predicted molar refractivity (Wildman–Crippen MR) is 72.2 cm³/mol. The Bertz CT molecular complexity index is 344. The van der Waals surface area contributed by atoms with E-state index in [1.165, 1.54) is 32.1 Å². The van der Waals surface area contributed by atoms with Gasteiger partial charge in [-0.2, -0.15) is 0 Å². The first-order valence-corrected chi connectivity index (χ1v) is 7.29. The van der Waals surface area contributed by atoms with Crippen molar-refractivity contribution in [2.24, 2.45) is 23.7 Å². The minimum absolute atomic E-state index is 0.0981. The summed E-state index contributed by atoms with van der Waals surface area (Å²) < 4.78 is 0. The Morgan fingerprint density at radius 3 is 2.17 bits per heavy atom. The molecule has 0 radical (unpaired) electrons. The van der Waals surface area contributed by atoms with E-state index in [4.69, 9.17) is 17.3 Å². The summed E-state index contributed by atoms with van der Waals surface area (Å²) in [4.78, 5) is 10.5. The molecule has 100 valence electrons. The number of hydrogen-bond acceptors (Lipinski definition) is 2. The van der Waals surface area contributed by atoms with Crippen LogP contribution in [0.2, 0.25) is 0 Å². The van der Waals surface area contributed by atoms with E-state index in [0.717, 1.165) is 23.7 Å². The van der Waals surface area contributed by atoms with E-state index in [1.807, 2.05) is 0 Å². The lowest BCUT2D eigenvalue weighted by atomic mass is 9.54. The van der Waals surface area contributed by atoms with Crippen LogP contribution in [0.1, 0.15) is 32.1 Å². The molecule has 0 aliphatic heterocycles. The summed E-state index contributed by atoms with van der Waals surface area (Å²) in [6.45, 7) is -0.0981. The van der Waals surface area contributed by atoms with E-state index in [0.29, 0.717) is 11.2 Å². The molecule has 3 N–H and O–H groups in total. The molecule has 0 spiro atoms. The summed E-state index contributed by atoms with van der Waals surface area (Å²) in [6.07, 6.45) is 6.80. The van der Waals surface area contributed by atoms with Gasteiger partial charge in [-0.15, -0.1) is 0 Å². The normalized spacial score (nSPS) is 40.6. The van der Waals surface area contributed by atoms with Gasteiger partial charge in [-0.25, -0.2) is 0 Å². The summed E-state index contributed by atoms with van der Waals surface area (Å²) in [5.74, 6) is 2.54. The van der Waals surface area contributed by atoms with Crippen molar-refractivity contribution in [1.82, 2.24) is 10.6 Å². The molecule has 4 fully saturated rings. The maximum atomic E-state index is 10.5. The number of carbonyl (C=O) groups is 1. The first-order chi connectivity index (χ1) is 8.61. The van der Waals surface area contributed by atoms with Crippen molar-refractivity contribution in [3.8, 4) is 0 Å². The molecule has 0 aromatic heterocycles. The Kier molecular flexibility index (Phi) is 3.18. The number of hydrogen-bond donors (Lipinski definition) is 3. The molecule has 0 aromatic carbocycles. The van der Waals surface area contributed by atoms with Crippen molar-refractivity contribution in [3.63, 3.8) is 0 Å². The lowest BCUT2D eigenvalue weighted by Gasteiger charge is -2.54. The lowest BCUT2D eigenvalue weighted by molar-refractivity contribution is -0.135. The molecule has 4 aliphatic rings. The van der Waals surface area contributed by atoms with Crippen LogP contribution in [0.5, 0.6) is 0 Å². The van der Waals surface area contributed by atoms with Gasteiger partial charge in [0.25, 0.3) is 0 Å². The van der Waals surface area contributed by atoms with Gasteiger partial charge in [-0.3, -0.25) is 4.79 Å². The second kappa shape index (κ2) is 4.68. The minimum Gasteiger partial charge on any atom is -0.480 e. The number of rotatable bonds is 3. The summed E-state index contributed by atoms with van der Waals surface area (Å²) in [5, 5.41) is 15.3. The van der Waals surface area contributed by atoms with Gasteiger partial charge in [0.2, 0.25) is 0 Å². The highest BCUT2D eigenvalue weighted by atomic mass is 32.1. The van der Waals surface area contributed by atoms with Crippen molar-refractivity contribution >= 4 is 23.3 Å². The van der Waals surface area contributed by atoms with Crippen LogP contribution in [0.4, 0.5) is 0 Å². The maximum Gasteiger partial charge on any atom is 0.322 e. The van der Waals surface area contributed by atoms with Crippen LogP contribution in [0.3, 0.4) is 0 Å². The molecule has 4 rings (SSSR count). The molecule has 4 nitrogen and oxygen atoms in total. The number of carboxylic acids is 1. The van der Waals surface area contributed by atoms with Gasteiger partial charge in [0.15, 0.2) is 5.11 Å². The van der Waals surface area contributed by atoms with Gasteiger partial charge in [-0.05, 0) is 68.0 Å². The molecular formula is C13H20N2O2S. The number of thiocarbonyl (C=S) groups is 1. The molecule has 4 bridgehead atoms. The zero-order valence-electron chi connectivity index (χ0n) is 10.4. The monoisotopic (exact) mass is 268 g/mol. The average Bonchev–Trinajstić information content (AvgIpc) is 2.30. The molecule has 0 amide bonds. The second-order valence-corrected chi connectivity index (χ2v) is 6.59. The highest BCUT2D eigenvalue weighted by Gasteiger charge is 2.48. The third-order valence-electron chi connectivity index (χ3n) is 4.92. The standard InChI is InChI=1S/C13H20N2O2S/c16-11(17)6-14-13(18)15-12-9-2-7-1-8(4-9)5-10(12)3-7/h7-10,12H,1-6H2,(H,16,17)(H2,14,15,18). The predicted octanol–water partition coefficient (Wildman–Crippen LogP) is 1.36. The van der Waals surface area contributed by atoms with Crippen LogP contribution < -0.4 is 10.6 Å². The molecule has 0 aromatic rings. The third kappa shape index (κ3) is 2.32. The van der Waals surface area contributed by atoms with Crippen LogP contribution in [-0.4, -0.2) is 28.8 Å².